The topological polar surface area (TPSA) is 172 Å². The minimum atomic E-state index is -4.70. The van der Waals surface area contributed by atoms with Gasteiger partial charge in [-0.15, -0.1) is 0 Å². The van der Waals surface area contributed by atoms with Crippen LogP contribution in [0.25, 0.3) is 0 Å². The summed E-state index contributed by atoms with van der Waals surface area (Å²) in [6.07, 6.45) is 31.5. The molecule has 0 rings (SSSR count). The van der Waals surface area contributed by atoms with Crippen LogP contribution in [0.5, 0.6) is 0 Å². The molecule has 0 radical (unpaired) electrons. The first-order chi connectivity index (χ1) is 24.1. The Morgan fingerprint density at radius 1 is 0.600 bits per heavy atom. The molecule has 0 bridgehead atoms. The second-order valence-corrected chi connectivity index (χ2v) is 14.9. The smallest absolute Gasteiger partial charge is 0.472 e. The summed E-state index contributed by atoms with van der Waals surface area (Å²) in [4.78, 5) is 45.7. The summed E-state index contributed by atoms with van der Waals surface area (Å²) < 4.78 is 32.5. The standard InChI is InChI=1S/C38H72NO10P/c1-3-5-7-9-11-13-14-15-16-17-18-19-20-22-23-25-27-29-36(40)46-31-34(32-47-50(44,45)48-33-35(39)38(42)43)49-37(41)30-28-26-24-21-12-10-8-6-4-2/h15-16,34-35H,3-14,17-33,39H2,1-2H3,(H,42,43)(H,44,45)/b16-15-/t34-,35+/m1/s1. The van der Waals surface area contributed by atoms with Crippen LogP contribution in [-0.4, -0.2) is 59.9 Å². The fourth-order valence-electron chi connectivity index (χ4n) is 5.35. The SMILES string of the molecule is CCCCCCCC/C=C\CCCCCCCCCC(=O)OC[C@H](COP(=O)(O)OC[C@H](N)C(=O)O)OC(=O)CCCCCCCCCCC. The van der Waals surface area contributed by atoms with Crippen LogP contribution in [0, 0.1) is 0 Å². The maximum absolute atomic E-state index is 12.5. The van der Waals surface area contributed by atoms with Gasteiger partial charge in [0.1, 0.15) is 12.6 Å². The van der Waals surface area contributed by atoms with Crippen LogP contribution in [0.2, 0.25) is 0 Å². The Morgan fingerprint density at radius 2 is 1.00 bits per heavy atom. The van der Waals surface area contributed by atoms with Crippen LogP contribution in [0.4, 0.5) is 0 Å². The van der Waals surface area contributed by atoms with Crippen molar-refractivity contribution >= 4 is 25.7 Å². The van der Waals surface area contributed by atoms with Crippen molar-refractivity contribution in [3.05, 3.63) is 12.2 Å². The lowest BCUT2D eigenvalue weighted by molar-refractivity contribution is -0.161. The Labute approximate surface area is 303 Å². The summed E-state index contributed by atoms with van der Waals surface area (Å²) in [5, 5.41) is 8.85. The number of phosphoric acid groups is 1. The van der Waals surface area contributed by atoms with Gasteiger partial charge in [0, 0.05) is 12.8 Å². The Kier molecular flexibility index (Phi) is 33.1. The Balaban J connectivity index is 4.33. The van der Waals surface area contributed by atoms with Gasteiger partial charge in [0.25, 0.3) is 0 Å². The summed E-state index contributed by atoms with van der Waals surface area (Å²) in [7, 11) is -4.70. The van der Waals surface area contributed by atoms with E-state index in [2.05, 4.69) is 30.5 Å². The average Bonchev–Trinajstić information content (AvgIpc) is 3.09. The fourth-order valence-corrected chi connectivity index (χ4v) is 6.13. The number of hydrogen-bond donors (Lipinski definition) is 3. The number of ether oxygens (including phenoxy) is 2. The highest BCUT2D eigenvalue weighted by Crippen LogP contribution is 2.43. The molecular weight excluding hydrogens is 661 g/mol. The van der Waals surface area contributed by atoms with Gasteiger partial charge in [0.15, 0.2) is 6.10 Å². The molecule has 0 aromatic heterocycles. The number of rotatable bonds is 37. The molecule has 0 saturated heterocycles. The van der Waals surface area contributed by atoms with Crippen molar-refractivity contribution in [3.8, 4) is 0 Å². The first kappa shape index (κ1) is 48.2. The van der Waals surface area contributed by atoms with E-state index < -0.39 is 51.1 Å². The molecule has 0 aromatic rings. The van der Waals surface area contributed by atoms with Gasteiger partial charge < -0.3 is 25.2 Å². The van der Waals surface area contributed by atoms with Gasteiger partial charge in [-0.05, 0) is 38.5 Å². The van der Waals surface area contributed by atoms with Crippen LogP contribution in [0.1, 0.15) is 181 Å². The zero-order chi connectivity index (χ0) is 37.1. The number of carboxylic acid groups (broad SMARTS) is 1. The van der Waals surface area contributed by atoms with E-state index in [9.17, 15) is 23.8 Å². The van der Waals surface area contributed by atoms with Crippen molar-refractivity contribution in [2.24, 2.45) is 5.73 Å². The minimum absolute atomic E-state index is 0.164. The lowest BCUT2D eigenvalue weighted by Gasteiger charge is -2.20. The van der Waals surface area contributed by atoms with E-state index in [1.807, 2.05) is 0 Å². The second kappa shape index (κ2) is 34.3. The first-order valence-electron chi connectivity index (χ1n) is 19.7. The Morgan fingerprint density at radius 3 is 1.46 bits per heavy atom. The molecule has 0 saturated carbocycles. The normalized spacial score (nSPS) is 14.0. The second-order valence-electron chi connectivity index (χ2n) is 13.4. The Hall–Kier alpha value is -1.78. The van der Waals surface area contributed by atoms with Gasteiger partial charge in [-0.3, -0.25) is 23.4 Å². The summed E-state index contributed by atoms with van der Waals surface area (Å²) in [6.45, 7) is 2.76. The average molecular weight is 734 g/mol. The van der Waals surface area contributed by atoms with Crippen molar-refractivity contribution in [2.75, 3.05) is 19.8 Å². The molecule has 0 aliphatic heterocycles. The number of unbranched alkanes of at least 4 members (excludes halogenated alkanes) is 21. The third-order valence-corrected chi connectivity index (χ3v) is 9.46. The predicted molar refractivity (Wildman–Crippen MR) is 199 cm³/mol. The molecule has 0 heterocycles. The number of allylic oxidation sites excluding steroid dienone is 2. The maximum atomic E-state index is 12.5. The number of carbonyl (C=O) groups is 3. The monoisotopic (exact) mass is 733 g/mol. The number of nitrogens with two attached hydrogens (primary N) is 1. The quantitative estimate of drug-likeness (QED) is 0.0240. The molecule has 50 heavy (non-hydrogen) atoms. The molecule has 0 aliphatic rings. The maximum Gasteiger partial charge on any atom is 0.472 e. The van der Waals surface area contributed by atoms with Gasteiger partial charge in [-0.1, -0.05) is 142 Å². The number of hydrogen-bond acceptors (Lipinski definition) is 9. The van der Waals surface area contributed by atoms with E-state index in [0.29, 0.717) is 12.8 Å². The van der Waals surface area contributed by atoms with E-state index in [0.717, 1.165) is 44.9 Å². The zero-order valence-corrected chi connectivity index (χ0v) is 32.4. The largest absolute Gasteiger partial charge is 0.480 e. The zero-order valence-electron chi connectivity index (χ0n) is 31.5. The minimum Gasteiger partial charge on any atom is -0.480 e. The third kappa shape index (κ3) is 33.4. The van der Waals surface area contributed by atoms with Gasteiger partial charge in [-0.25, -0.2) is 4.57 Å². The van der Waals surface area contributed by atoms with Crippen molar-refractivity contribution in [1.82, 2.24) is 0 Å². The van der Waals surface area contributed by atoms with E-state index >= 15 is 0 Å². The number of esters is 2. The van der Waals surface area contributed by atoms with Crippen LogP contribution < -0.4 is 5.73 Å². The Bertz CT molecular complexity index is 916. The van der Waals surface area contributed by atoms with Gasteiger partial charge in [0.05, 0.1) is 13.2 Å². The van der Waals surface area contributed by atoms with E-state index in [-0.39, 0.29) is 19.4 Å². The molecule has 11 nitrogen and oxygen atoms in total. The molecule has 4 N–H and O–H groups in total. The van der Waals surface area contributed by atoms with Crippen molar-refractivity contribution < 1.29 is 47.5 Å². The van der Waals surface area contributed by atoms with Crippen molar-refractivity contribution in [2.45, 2.75) is 193 Å². The van der Waals surface area contributed by atoms with Gasteiger partial charge >= 0.3 is 25.7 Å². The summed E-state index contributed by atoms with van der Waals surface area (Å²) in [6, 6.07) is -1.52. The molecule has 0 amide bonds. The molecule has 3 atom stereocenters. The summed E-state index contributed by atoms with van der Waals surface area (Å²) >= 11 is 0. The lowest BCUT2D eigenvalue weighted by atomic mass is 10.1. The van der Waals surface area contributed by atoms with Crippen LogP contribution >= 0.6 is 7.82 Å². The number of carbonyl (C=O) groups excluding carboxylic acids is 2. The van der Waals surface area contributed by atoms with Gasteiger partial charge in [-0.2, -0.15) is 0 Å². The molecule has 0 fully saturated rings. The van der Waals surface area contributed by atoms with E-state index in [1.54, 1.807) is 0 Å². The van der Waals surface area contributed by atoms with Crippen LogP contribution in [0.3, 0.4) is 0 Å². The molecule has 12 heteroatoms. The fraction of sp³-hybridized carbons (Fsp3) is 0.868. The third-order valence-electron chi connectivity index (χ3n) is 8.51. The molecule has 0 aliphatic carbocycles. The number of aliphatic carboxylic acids is 1. The van der Waals surface area contributed by atoms with Crippen molar-refractivity contribution in [3.63, 3.8) is 0 Å². The van der Waals surface area contributed by atoms with Crippen LogP contribution in [0.15, 0.2) is 12.2 Å². The predicted octanol–water partition coefficient (Wildman–Crippen LogP) is 9.73. The van der Waals surface area contributed by atoms with E-state index in [1.165, 1.54) is 96.3 Å². The van der Waals surface area contributed by atoms with Crippen LogP contribution in [-0.2, 0) is 37.5 Å². The highest BCUT2D eigenvalue weighted by Gasteiger charge is 2.28. The van der Waals surface area contributed by atoms with Crippen molar-refractivity contribution in [1.29, 1.82) is 0 Å². The van der Waals surface area contributed by atoms with Gasteiger partial charge in [0.2, 0.25) is 0 Å². The number of phosphoric ester groups is 1. The summed E-state index contributed by atoms with van der Waals surface area (Å²) in [5.41, 5.74) is 5.31. The number of carboxylic acids is 1. The molecule has 0 aromatic carbocycles. The molecular formula is C38H72NO10P. The lowest BCUT2D eigenvalue weighted by Crippen LogP contribution is -2.34. The van der Waals surface area contributed by atoms with E-state index in [4.69, 9.17) is 24.8 Å². The molecule has 1 unspecified atom stereocenters. The highest BCUT2D eigenvalue weighted by atomic mass is 31.2. The highest BCUT2D eigenvalue weighted by molar-refractivity contribution is 7.47. The first-order valence-corrected chi connectivity index (χ1v) is 21.2. The molecule has 294 valence electrons. The molecule has 0 spiro atoms. The summed E-state index contributed by atoms with van der Waals surface area (Å²) in [5.74, 6) is -2.38.